The predicted octanol–water partition coefficient (Wildman–Crippen LogP) is 5.94. The topological polar surface area (TPSA) is 30.7 Å². The van der Waals surface area contributed by atoms with Gasteiger partial charge in [0.1, 0.15) is 0 Å². The second-order valence-electron chi connectivity index (χ2n) is 6.35. The van der Waals surface area contributed by atoms with Crippen LogP contribution in [0.3, 0.4) is 0 Å². The SMILES string of the molecule is c1ccc2c(c1)sc1c2ncc2c1c1ccccc1n2-c1ccncc1. The Morgan fingerprint density at radius 1 is 0.769 bits per heavy atom. The number of hydrogen-bond donors (Lipinski definition) is 0. The van der Waals surface area contributed by atoms with E-state index in [1.165, 1.54) is 31.1 Å². The van der Waals surface area contributed by atoms with E-state index in [1.54, 1.807) is 0 Å². The van der Waals surface area contributed by atoms with Crippen LogP contribution in [0.15, 0.2) is 79.3 Å². The Kier molecular flexibility index (Phi) is 2.76. The molecule has 0 amide bonds. The zero-order valence-corrected chi connectivity index (χ0v) is 14.6. The van der Waals surface area contributed by atoms with Gasteiger partial charge >= 0.3 is 0 Å². The summed E-state index contributed by atoms with van der Waals surface area (Å²) in [5, 5.41) is 3.78. The van der Waals surface area contributed by atoms with Crippen LogP contribution in [0.2, 0.25) is 0 Å². The lowest BCUT2D eigenvalue weighted by molar-refractivity contribution is 1.15. The van der Waals surface area contributed by atoms with Gasteiger partial charge in [0.2, 0.25) is 0 Å². The van der Waals surface area contributed by atoms with E-state index in [9.17, 15) is 0 Å². The number of thiophene rings is 1. The number of pyridine rings is 2. The maximum Gasteiger partial charge on any atom is 0.0896 e. The van der Waals surface area contributed by atoms with E-state index in [2.05, 4.69) is 58.1 Å². The van der Waals surface area contributed by atoms with Gasteiger partial charge in [-0.1, -0.05) is 36.4 Å². The summed E-state index contributed by atoms with van der Waals surface area (Å²) in [4.78, 5) is 9.02. The predicted molar refractivity (Wildman–Crippen MR) is 109 cm³/mol. The van der Waals surface area contributed by atoms with Crippen molar-refractivity contribution in [1.82, 2.24) is 14.5 Å². The molecule has 0 aliphatic carbocycles. The van der Waals surface area contributed by atoms with Gasteiger partial charge in [0, 0.05) is 38.9 Å². The molecule has 0 atom stereocenters. The third-order valence-electron chi connectivity index (χ3n) is 4.94. The molecule has 6 aromatic rings. The van der Waals surface area contributed by atoms with Crippen LogP contribution in [0, 0.1) is 0 Å². The van der Waals surface area contributed by atoms with E-state index in [4.69, 9.17) is 4.98 Å². The Morgan fingerprint density at radius 3 is 2.42 bits per heavy atom. The lowest BCUT2D eigenvalue weighted by atomic mass is 10.1. The zero-order chi connectivity index (χ0) is 17.1. The van der Waals surface area contributed by atoms with Crippen LogP contribution in [0.4, 0.5) is 0 Å². The van der Waals surface area contributed by atoms with Gasteiger partial charge in [0.05, 0.1) is 27.4 Å². The standard InChI is InChI=1S/C22H13N3S/c1-3-7-17-15(5-1)20-18(25(17)14-9-11-23-12-10-14)13-24-21-16-6-2-4-8-19(16)26-22(20)21/h1-13H. The van der Waals surface area contributed by atoms with Gasteiger partial charge in [-0.05, 0) is 24.3 Å². The van der Waals surface area contributed by atoms with Gasteiger partial charge in [0.25, 0.3) is 0 Å². The Bertz CT molecular complexity index is 1430. The average molecular weight is 351 g/mol. The van der Waals surface area contributed by atoms with Gasteiger partial charge in [0.15, 0.2) is 0 Å². The van der Waals surface area contributed by atoms with E-state index >= 15 is 0 Å². The molecule has 4 heterocycles. The van der Waals surface area contributed by atoms with Crippen LogP contribution in [-0.2, 0) is 0 Å². The fourth-order valence-electron chi connectivity index (χ4n) is 3.85. The zero-order valence-electron chi connectivity index (χ0n) is 13.8. The van der Waals surface area contributed by atoms with Crippen molar-refractivity contribution in [2.45, 2.75) is 0 Å². The molecule has 0 aliphatic heterocycles. The molecular weight excluding hydrogens is 338 g/mol. The average Bonchev–Trinajstić information content (AvgIpc) is 3.24. The summed E-state index contributed by atoms with van der Waals surface area (Å²) in [6.07, 6.45) is 5.68. The first-order chi connectivity index (χ1) is 12.9. The van der Waals surface area contributed by atoms with E-state index in [1.807, 2.05) is 42.1 Å². The second-order valence-corrected chi connectivity index (χ2v) is 7.40. The highest BCUT2D eigenvalue weighted by molar-refractivity contribution is 7.26. The van der Waals surface area contributed by atoms with Crippen molar-refractivity contribution in [3.05, 3.63) is 79.3 Å². The summed E-state index contributed by atoms with van der Waals surface area (Å²) in [6, 6.07) is 21.2. The summed E-state index contributed by atoms with van der Waals surface area (Å²) < 4.78 is 4.82. The molecular formula is C22H13N3S. The number of aromatic nitrogens is 3. The maximum absolute atomic E-state index is 4.85. The molecule has 0 fully saturated rings. The number of benzene rings is 2. The molecule has 4 heteroatoms. The number of nitrogens with zero attached hydrogens (tertiary/aromatic N) is 3. The lowest BCUT2D eigenvalue weighted by Crippen LogP contribution is -1.93. The smallest absolute Gasteiger partial charge is 0.0896 e. The molecule has 6 rings (SSSR count). The summed E-state index contributed by atoms with van der Waals surface area (Å²) in [7, 11) is 0. The van der Waals surface area contributed by atoms with Gasteiger partial charge < -0.3 is 4.57 Å². The van der Waals surface area contributed by atoms with Gasteiger partial charge in [-0.25, -0.2) is 0 Å². The Labute approximate surface area is 153 Å². The highest BCUT2D eigenvalue weighted by Crippen LogP contribution is 2.41. The summed E-state index contributed by atoms with van der Waals surface area (Å²) in [6.45, 7) is 0. The minimum atomic E-state index is 1.09. The van der Waals surface area contributed by atoms with Crippen LogP contribution >= 0.6 is 11.3 Å². The lowest BCUT2D eigenvalue weighted by Gasteiger charge is -2.06. The molecule has 0 saturated heterocycles. The summed E-state index contributed by atoms with van der Waals surface area (Å²) in [5.41, 5.74) is 4.53. The van der Waals surface area contributed by atoms with E-state index in [-0.39, 0.29) is 0 Å². The second kappa shape index (κ2) is 5.13. The van der Waals surface area contributed by atoms with Crippen LogP contribution in [-0.4, -0.2) is 14.5 Å². The normalized spacial score (nSPS) is 11.8. The molecule has 0 N–H and O–H groups in total. The third-order valence-corrected chi connectivity index (χ3v) is 6.12. The van der Waals surface area contributed by atoms with Crippen molar-refractivity contribution < 1.29 is 0 Å². The molecule has 0 unspecified atom stereocenters. The monoisotopic (exact) mass is 351 g/mol. The Hall–Kier alpha value is -3.24. The largest absolute Gasteiger partial charge is 0.308 e. The number of para-hydroxylation sites is 1. The first-order valence-corrected chi connectivity index (χ1v) is 9.33. The molecule has 2 aromatic carbocycles. The van der Waals surface area contributed by atoms with E-state index < -0.39 is 0 Å². The number of rotatable bonds is 1. The molecule has 0 saturated carbocycles. The number of fused-ring (bicyclic) bond motifs is 7. The van der Waals surface area contributed by atoms with Crippen molar-refractivity contribution >= 4 is 53.4 Å². The molecule has 122 valence electrons. The van der Waals surface area contributed by atoms with E-state index in [0.29, 0.717) is 0 Å². The number of hydrogen-bond acceptors (Lipinski definition) is 3. The molecule has 0 spiro atoms. The summed E-state index contributed by atoms with van der Waals surface area (Å²) in [5.74, 6) is 0. The minimum absolute atomic E-state index is 1.09. The third kappa shape index (κ3) is 1.77. The van der Waals surface area contributed by atoms with Crippen LogP contribution in [0.25, 0.3) is 47.8 Å². The Balaban J connectivity index is 1.89. The van der Waals surface area contributed by atoms with Crippen molar-refractivity contribution in [3.8, 4) is 5.69 Å². The molecule has 3 nitrogen and oxygen atoms in total. The molecule has 4 aromatic heterocycles. The van der Waals surface area contributed by atoms with Gasteiger partial charge in [-0.3, -0.25) is 9.97 Å². The Morgan fingerprint density at radius 2 is 1.54 bits per heavy atom. The fraction of sp³-hybridized carbons (Fsp3) is 0. The van der Waals surface area contributed by atoms with Crippen LogP contribution < -0.4 is 0 Å². The first kappa shape index (κ1) is 14.0. The highest BCUT2D eigenvalue weighted by Gasteiger charge is 2.17. The van der Waals surface area contributed by atoms with Crippen LogP contribution in [0.5, 0.6) is 0 Å². The fourth-order valence-corrected chi connectivity index (χ4v) is 5.06. The minimum Gasteiger partial charge on any atom is -0.308 e. The summed E-state index contributed by atoms with van der Waals surface area (Å²) >= 11 is 1.83. The van der Waals surface area contributed by atoms with Gasteiger partial charge in [-0.2, -0.15) is 0 Å². The van der Waals surface area contributed by atoms with Crippen LogP contribution in [0.1, 0.15) is 0 Å². The van der Waals surface area contributed by atoms with Gasteiger partial charge in [-0.15, -0.1) is 11.3 Å². The quantitative estimate of drug-likeness (QED) is 0.367. The first-order valence-electron chi connectivity index (χ1n) is 8.51. The van der Waals surface area contributed by atoms with Crippen molar-refractivity contribution in [3.63, 3.8) is 0 Å². The van der Waals surface area contributed by atoms with Crippen molar-refractivity contribution in [1.29, 1.82) is 0 Å². The molecule has 0 aliphatic rings. The maximum atomic E-state index is 4.85. The molecule has 0 radical (unpaired) electrons. The molecule has 0 bridgehead atoms. The van der Waals surface area contributed by atoms with E-state index in [0.717, 1.165) is 16.7 Å². The molecule has 26 heavy (non-hydrogen) atoms. The van der Waals surface area contributed by atoms with Crippen molar-refractivity contribution in [2.24, 2.45) is 0 Å². The van der Waals surface area contributed by atoms with Crippen molar-refractivity contribution in [2.75, 3.05) is 0 Å². The highest BCUT2D eigenvalue weighted by atomic mass is 32.1.